The highest BCUT2D eigenvalue weighted by molar-refractivity contribution is 5.96. The number of alkyl halides is 3. The van der Waals surface area contributed by atoms with E-state index in [1.165, 1.54) is 12.8 Å². The van der Waals surface area contributed by atoms with Gasteiger partial charge in [0, 0.05) is 47.8 Å². The van der Waals surface area contributed by atoms with Crippen molar-refractivity contribution in [1.82, 2.24) is 29.2 Å². The SMILES string of the molecule is Cn1cc(-c2n[nH]c(=O)n2-c2cn(CC3CCNCC3)c3ccccc23)c2ccccc21.O=C(O)C(F)(F)F. The lowest BCUT2D eigenvalue weighted by Crippen LogP contribution is -2.29. The smallest absolute Gasteiger partial charge is 0.475 e. The van der Waals surface area contributed by atoms with Gasteiger partial charge in [-0.3, -0.25) is 0 Å². The maximum Gasteiger partial charge on any atom is 0.490 e. The summed E-state index contributed by atoms with van der Waals surface area (Å²) in [5, 5.41) is 19.9. The van der Waals surface area contributed by atoms with E-state index < -0.39 is 12.1 Å². The van der Waals surface area contributed by atoms with Crippen LogP contribution in [-0.4, -0.2) is 54.2 Å². The van der Waals surface area contributed by atoms with Crippen molar-refractivity contribution in [3.05, 3.63) is 71.4 Å². The molecule has 0 amide bonds. The van der Waals surface area contributed by atoms with Gasteiger partial charge < -0.3 is 19.6 Å². The molecule has 0 saturated carbocycles. The third-order valence-corrected chi connectivity index (χ3v) is 6.97. The molecule has 39 heavy (non-hydrogen) atoms. The maximum atomic E-state index is 13.0. The Balaban J connectivity index is 0.000000392. The number of fused-ring (bicyclic) bond motifs is 2. The number of piperidine rings is 1. The molecule has 0 aliphatic carbocycles. The summed E-state index contributed by atoms with van der Waals surface area (Å²) in [6.45, 7) is 3.10. The zero-order valence-electron chi connectivity index (χ0n) is 21.1. The predicted molar refractivity (Wildman–Crippen MR) is 141 cm³/mol. The maximum absolute atomic E-state index is 13.0. The summed E-state index contributed by atoms with van der Waals surface area (Å²) in [5.41, 5.74) is 3.85. The number of hydrogen-bond donors (Lipinski definition) is 3. The Morgan fingerprint density at radius 2 is 1.64 bits per heavy atom. The molecule has 1 aliphatic heterocycles. The number of aryl methyl sites for hydroxylation is 1. The third-order valence-electron chi connectivity index (χ3n) is 6.97. The van der Waals surface area contributed by atoms with E-state index in [4.69, 9.17) is 9.90 Å². The van der Waals surface area contributed by atoms with Crippen LogP contribution in [0.2, 0.25) is 0 Å². The highest BCUT2D eigenvalue weighted by atomic mass is 19.4. The van der Waals surface area contributed by atoms with Crippen molar-refractivity contribution in [3.8, 4) is 17.1 Å². The molecule has 0 radical (unpaired) electrons. The number of benzene rings is 2. The molecule has 204 valence electrons. The third kappa shape index (κ3) is 5.19. The molecule has 2 aromatic carbocycles. The first-order chi connectivity index (χ1) is 18.6. The molecule has 5 aromatic rings. The number of aromatic amines is 1. The van der Waals surface area contributed by atoms with Crippen molar-refractivity contribution in [3.63, 3.8) is 0 Å². The second kappa shape index (κ2) is 10.4. The van der Waals surface area contributed by atoms with Crippen LogP contribution in [0.15, 0.2) is 65.7 Å². The van der Waals surface area contributed by atoms with Gasteiger partial charge in [0.25, 0.3) is 0 Å². The van der Waals surface area contributed by atoms with Gasteiger partial charge in [-0.05, 0) is 44.0 Å². The standard InChI is InChI=1S/C25H26N6O.C2HF3O2/c1-29-15-20(18-6-2-4-8-21(18)29)24-27-28-25(32)31(24)23-16-30(14-17-10-12-26-13-11-17)22-9-5-3-7-19(22)23;3-2(4,5)1(6)7/h2-9,15-17,26H,10-14H2,1H3,(H,28,32);(H,6,7). The molecule has 1 saturated heterocycles. The lowest BCUT2D eigenvalue weighted by molar-refractivity contribution is -0.192. The van der Waals surface area contributed by atoms with Gasteiger partial charge in [-0.25, -0.2) is 19.3 Å². The van der Waals surface area contributed by atoms with Crippen LogP contribution in [0.5, 0.6) is 0 Å². The second-order valence-electron chi connectivity index (χ2n) is 9.54. The van der Waals surface area contributed by atoms with Crippen molar-refractivity contribution in [2.75, 3.05) is 13.1 Å². The molecule has 4 heterocycles. The van der Waals surface area contributed by atoms with Crippen LogP contribution in [0.3, 0.4) is 0 Å². The number of para-hydroxylation sites is 2. The Morgan fingerprint density at radius 3 is 2.31 bits per heavy atom. The van der Waals surface area contributed by atoms with E-state index in [1.54, 1.807) is 4.57 Å². The molecule has 6 rings (SSSR count). The van der Waals surface area contributed by atoms with E-state index in [0.717, 1.165) is 52.7 Å². The lowest BCUT2D eigenvalue weighted by Gasteiger charge is -2.23. The molecule has 1 fully saturated rings. The van der Waals surface area contributed by atoms with Crippen LogP contribution in [0.25, 0.3) is 38.9 Å². The molecule has 3 aromatic heterocycles. The molecule has 0 atom stereocenters. The lowest BCUT2D eigenvalue weighted by atomic mass is 9.98. The van der Waals surface area contributed by atoms with E-state index in [-0.39, 0.29) is 5.69 Å². The quantitative estimate of drug-likeness (QED) is 0.315. The minimum atomic E-state index is -5.08. The van der Waals surface area contributed by atoms with Crippen molar-refractivity contribution >= 4 is 27.8 Å². The molecular formula is C27H27F3N6O3. The number of carboxylic acid groups (broad SMARTS) is 1. The van der Waals surface area contributed by atoms with Gasteiger partial charge in [-0.1, -0.05) is 36.4 Å². The molecule has 9 nitrogen and oxygen atoms in total. The second-order valence-corrected chi connectivity index (χ2v) is 9.54. The van der Waals surface area contributed by atoms with Crippen LogP contribution >= 0.6 is 0 Å². The zero-order chi connectivity index (χ0) is 27.7. The minimum absolute atomic E-state index is 0.224. The highest BCUT2D eigenvalue weighted by Crippen LogP contribution is 2.32. The van der Waals surface area contributed by atoms with Crippen LogP contribution < -0.4 is 11.0 Å². The fourth-order valence-corrected chi connectivity index (χ4v) is 5.12. The van der Waals surface area contributed by atoms with Gasteiger partial charge in [-0.15, -0.1) is 0 Å². The van der Waals surface area contributed by atoms with Crippen molar-refractivity contribution in [2.45, 2.75) is 25.6 Å². The zero-order valence-corrected chi connectivity index (χ0v) is 21.1. The topological polar surface area (TPSA) is 110 Å². The molecule has 0 bridgehead atoms. The molecule has 0 unspecified atom stereocenters. The molecular weight excluding hydrogens is 513 g/mol. The summed E-state index contributed by atoms with van der Waals surface area (Å²) >= 11 is 0. The Morgan fingerprint density at radius 1 is 1.03 bits per heavy atom. The molecule has 12 heteroatoms. The Hall–Kier alpha value is -4.32. The number of halogens is 3. The number of rotatable bonds is 4. The largest absolute Gasteiger partial charge is 0.490 e. The summed E-state index contributed by atoms with van der Waals surface area (Å²) in [6.07, 6.45) is 1.44. The summed E-state index contributed by atoms with van der Waals surface area (Å²) in [4.78, 5) is 21.9. The number of carbonyl (C=O) groups is 1. The van der Waals surface area contributed by atoms with E-state index >= 15 is 0 Å². The highest BCUT2D eigenvalue weighted by Gasteiger charge is 2.38. The van der Waals surface area contributed by atoms with Crippen LogP contribution in [0, 0.1) is 5.92 Å². The molecule has 3 N–H and O–H groups in total. The van der Waals surface area contributed by atoms with Crippen molar-refractivity contribution in [2.24, 2.45) is 13.0 Å². The molecule has 1 aliphatic rings. The number of nitrogens with zero attached hydrogens (tertiary/aromatic N) is 4. The van der Waals surface area contributed by atoms with Crippen molar-refractivity contribution in [1.29, 1.82) is 0 Å². The van der Waals surface area contributed by atoms with Crippen LogP contribution in [0.1, 0.15) is 12.8 Å². The van der Waals surface area contributed by atoms with E-state index in [1.807, 2.05) is 31.4 Å². The summed E-state index contributed by atoms with van der Waals surface area (Å²) < 4.78 is 37.9. The fraction of sp³-hybridized carbons (Fsp3) is 0.296. The average Bonchev–Trinajstić information content (AvgIpc) is 3.58. The Kier molecular flexibility index (Phi) is 7.04. The number of H-pyrrole nitrogens is 1. The van der Waals surface area contributed by atoms with Crippen LogP contribution in [0.4, 0.5) is 13.2 Å². The fourth-order valence-electron chi connectivity index (χ4n) is 5.12. The van der Waals surface area contributed by atoms with Gasteiger partial charge in [0.05, 0.1) is 11.2 Å². The monoisotopic (exact) mass is 540 g/mol. The number of hydrogen-bond acceptors (Lipinski definition) is 4. The molecule has 0 spiro atoms. The predicted octanol–water partition coefficient (Wildman–Crippen LogP) is 4.31. The van der Waals surface area contributed by atoms with Gasteiger partial charge in [-0.2, -0.15) is 18.3 Å². The Labute approximate surface area is 220 Å². The van der Waals surface area contributed by atoms with E-state index in [2.05, 4.69) is 61.2 Å². The number of aliphatic carboxylic acids is 1. The summed E-state index contributed by atoms with van der Waals surface area (Å²) in [5.74, 6) is -1.48. The first-order valence-electron chi connectivity index (χ1n) is 12.5. The summed E-state index contributed by atoms with van der Waals surface area (Å²) in [7, 11) is 2.02. The van der Waals surface area contributed by atoms with Gasteiger partial charge >= 0.3 is 17.8 Å². The van der Waals surface area contributed by atoms with E-state index in [0.29, 0.717) is 11.7 Å². The number of carboxylic acids is 1. The van der Waals surface area contributed by atoms with Gasteiger partial charge in [0.1, 0.15) is 0 Å². The first kappa shape index (κ1) is 26.3. The number of nitrogens with one attached hydrogen (secondary N) is 2. The minimum Gasteiger partial charge on any atom is -0.475 e. The van der Waals surface area contributed by atoms with Crippen molar-refractivity contribution < 1.29 is 23.1 Å². The van der Waals surface area contributed by atoms with Gasteiger partial charge in [0.2, 0.25) is 0 Å². The number of aromatic nitrogens is 5. The van der Waals surface area contributed by atoms with Gasteiger partial charge in [0.15, 0.2) is 5.82 Å². The average molecular weight is 541 g/mol. The van der Waals surface area contributed by atoms with Crippen LogP contribution in [-0.2, 0) is 18.4 Å². The van der Waals surface area contributed by atoms with E-state index in [9.17, 15) is 18.0 Å². The first-order valence-corrected chi connectivity index (χ1v) is 12.5. The Bertz CT molecular complexity index is 1690. The summed E-state index contributed by atoms with van der Waals surface area (Å²) in [6, 6.07) is 16.5. The normalized spacial score (nSPS) is 14.5.